The molecule has 0 aliphatic carbocycles. The van der Waals surface area contributed by atoms with E-state index in [0.29, 0.717) is 38.6 Å². The minimum Gasteiger partial charge on any atom is -0.481 e. The van der Waals surface area contributed by atoms with Gasteiger partial charge in [-0.25, -0.2) is 4.79 Å². The summed E-state index contributed by atoms with van der Waals surface area (Å²) < 4.78 is 5.11. The molecule has 2 rings (SSSR count). The van der Waals surface area contributed by atoms with E-state index in [1.807, 2.05) is 4.90 Å². The van der Waals surface area contributed by atoms with Crippen LogP contribution in [0, 0.1) is 11.3 Å². The molecule has 2 saturated heterocycles. The molecule has 2 atom stereocenters. The molecule has 0 saturated carbocycles. The SMILES string of the molecule is COCC1CCN(C(=O)N2CCC(C)(C(=O)O)C2)C1. The van der Waals surface area contributed by atoms with Gasteiger partial charge in [0.2, 0.25) is 0 Å². The first-order chi connectivity index (χ1) is 8.96. The largest absolute Gasteiger partial charge is 0.481 e. The number of nitrogens with zero attached hydrogens (tertiary/aromatic N) is 2. The zero-order valence-corrected chi connectivity index (χ0v) is 11.6. The standard InChI is InChI=1S/C13H22N2O4/c1-13(11(16)17)4-6-15(9-13)12(18)14-5-3-10(7-14)8-19-2/h10H,3-9H2,1-2H3,(H,16,17). The van der Waals surface area contributed by atoms with Crippen molar-refractivity contribution in [2.24, 2.45) is 11.3 Å². The van der Waals surface area contributed by atoms with Crippen LogP contribution in [0.25, 0.3) is 0 Å². The number of aliphatic carboxylic acids is 1. The maximum Gasteiger partial charge on any atom is 0.320 e. The Morgan fingerprint density at radius 2 is 2.11 bits per heavy atom. The number of ether oxygens (including phenoxy) is 1. The highest BCUT2D eigenvalue weighted by Crippen LogP contribution is 2.31. The molecule has 6 nitrogen and oxygen atoms in total. The summed E-state index contributed by atoms with van der Waals surface area (Å²) in [5.41, 5.74) is -0.790. The molecule has 0 aromatic rings. The van der Waals surface area contributed by atoms with E-state index in [-0.39, 0.29) is 6.03 Å². The van der Waals surface area contributed by atoms with Crippen molar-refractivity contribution in [1.82, 2.24) is 9.80 Å². The minimum atomic E-state index is -0.818. The molecule has 2 heterocycles. The molecule has 2 aliphatic heterocycles. The van der Waals surface area contributed by atoms with E-state index in [9.17, 15) is 14.7 Å². The van der Waals surface area contributed by atoms with Crippen LogP contribution in [0.3, 0.4) is 0 Å². The highest BCUT2D eigenvalue weighted by atomic mass is 16.5. The summed E-state index contributed by atoms with van der Waals surface area (Å²) in [6, 6.07) is -0.0245. The van der Waals surface area contributed by atoms with Crippen LogP contribution in [0.1, 0.15) is 19.8 Å². The number of hydrogen-bond acceptors (Lipinski definition) is 3. The molecule has 2 amide bonds. The summed E-state index contributed by atoms with van der Waals surface area (Å²) in [5.74, 6) is -0.413. The summed E-state index contributed by atoms with van der Waals surface area (Å²) >= 11 is 0. The third kappa shape index (κ3) is 2.83. The summed E-state index contributed by atoms with van der Waals surface area (Å²) in [4.78, 5) is 27.0. The second-order valence-corrected chi connectivity index (χ2v) is 5.88. The van der Waals surface area contributed by atoms with Gasteiger partial charge in [-0.1, -0.05) is 0 Å². The Kier molecular flexibility index (Phi) is 3.99. The van der Waals surface area contributed by atoms with Crippen LogP contribution in [-0.4, -0.2) is 66.8 Å². The fourth-order valence-electron chi connectivity index (χ4n) is 2.88. The van der Waals surface area contributed by atoms with Crippen LogP contribution in [0.5, 0.6) is 0 Å². The zero-order valence-electron chi connectivity index (χ0n) is 11.6. The Bertz CT molecular complexity index is 374. The summed E-state index contributed by atoms with van der Waals surface area (Å²) in [6.07, 6.45) is 1.49. The second kappa shape index (κ2) is 5.36. The lowest BCUT2D eigenvalue weighted by molar-refractivity contribution is -0.147. The van der Waals surface area contributed by atoms with Crippen LogP contribution in [-0.2, 0) is 9.53 Å². The van der Waals surface area contributed by atoms with Gasteiger partial charge in [-0.15, -0.1) is 0 Å². The number of likely N-dealkylation sites (tertiary alicyclic amines) is 2. The first-order valence-electron chi connectivity index (χ1n) is 6.72. The molecule has 19 heavy (non-hydrogen) atoms. The van der Waals surface area contributed by atoms with Crippen molar-refractivity contribution in [2.45, 2.75) is 19.8 Å². The van der Waals surface area contributed by atoms with Crippen molar-refractivity contribution in [2.75, 3.05) is 39.9 Å². The number of carbonyl (C=O) groups excluding carboxylic acids is 1. The fourth-order valence-corrected chi connectivity index (χ4v) is 2.88. The highest BCUT2D eigenvalue weighted by Gasteiger charge is 2.43. The molecule has 2 unspecified atom stereocenters. The molecular formula is C13H22N2O4. The third-order valence-electron chi connectivity index (χ3n) is 4.22. The van der Waals surface area contributed by atoms with E-state index in [0.717, 1.165) is 13.0 Å². The number of methoxy groups -OCH3 is 1. The number of urea groups is 1. The molecule has 2 fully saturated rings. The van der Waals surface area contributed by atoms with Crippen LogP contribution in [0.2, 0.25) is 0 Å². The fraction of sp³-hybridized carbons (Fsp3) is 0.846. The highest BCUT2D eigenvalue weighted by molar-refractivity contribution is 5.79. The number of amides is 2. The van der Waals surface area contributed by atoms with Gasteiger partial charge in [-0.2, -0.15) is 0 Å². The molecular weight excluding hydrogens is 248 g/mol. The lowest BCUT2D eigenvalue weighted by atomic mass is 9.90. The third-order valence-corrected chi connectivity index (χ3v) is 4.22. The predicted molar refractivity (Wildman–Crippen MR) is 68.9 cm³/mol. The van der Waals surface area contributed by atoms with E-state index >= 15 is 0 Å². The number of carbonyl (C=O) groups is 2. The molecule has 0 radical (unpaired) electrons. The molecule has 0 bridgehead atoms. The number of rotatable bonds is 3. The van der Waals surface area contributed by atoms with Gasteiger partial charge in [0.25, 0.3) is 0 Å². The molecule has 0 spiro atoms. The first-order valence-corrected chi connectivity index (χ1v) is 6.72. The van der Waals surface area contributed by atoms with Crippen LogP contribution in [0.4, 0.5) is 4.79 Å². The van der Waals surface area contributed by atoms with Crippen molar-refractivity contribution in [3.8, 4) is 0 Å². The van der Waals surface area contributed by atoms with Gasteiger partial charge in [0, 0.05) is 39.2 Å². The topological polar surface area (TPSA) is 70.1 Å². The lowest BCUT2D eigenvalue weighted by Crippen LogP contribution is -2.42. The minimum absolute atomic E-state index is 0.0245. The Morgan fingerprint density at radius 1 is 1.37 bits per heavy atom. The second-order valence-electron chi connectivity index (χ2n) is 5.88. The monoisotopic (exact) mass is 270 g/mol. The Hall–Kier alpha value is -1.30. The van der Waals surface area contributed by atoms with Gasteiger partial charge < -0.3 is 19.6 Å². The van der Waals surface area contributed by atoms with Crippen molar-refractivity contribution in [3.05, 3.63) is 0 Å². The number of carboxylic acid groups (broad SMARTS) is 1. The maximum absolute atomic E-state index is 12.3. The molecule has 108 valence electrons. The normalized spacial score (nSPS) is 30.9. The van der Waals surface area contributed by atoms with Crippen molar-refractivity contribution in [3.63, 3.8) is 0 Å². The Labute approximate surface area is 113 Å². The number of hydrogen-bond donors (Lipinski definition) is 1. The van der Waals surface area contributed by atoms with E-state index in [2.05, 4.69) is 0 Å². The first kappa shape index (κ1) is 14.1. The lowest BCUT2D eigenvalue weighted by Gasteiger charge is -2.25. The van der Waals surface area contributed by atoms with Crippen LogP contribution in [0.15, 0.2) is 0 Å². The van der Waals surface area contributed by atoms with Crippen molar-refractivity contribution >= 4 is 12.0 Å². The average molecular weight is 270 g/mol. The quantitative estimate of drug-likeness (QED) is 0.826. The van der Waals surface area contributed by atoms with Crippen LogP contribution < -0.4 is 0 Å². The predicted octanol–water partition coefficient (Wildman–Crippen LogP) is 0.871. The van der Waals surface area contributed by atoms with Gasteiger partial charge in [0.1, 0.15) is 0 Å². The van der Waals surface area contributed by atoms with Crippen LogP contribution >= 0.6 is 0 Å². The van der Waals surface area contributed by atoms with Gasteiger partial charge in [-0.3, -0.25) is 4.79 Å². The van der Waals surface area contributed by atoms with E-state index in [4.69, 9.17) is 4.74 Å². The molecule has 0 aromatic heterocycles. The Balaban J connectivity index is 1.90. The van der Waals surface area contributed by atoms with E-state index < -0.39 is 11.4 Å². The van der Waals surface area contributed by atoms with Crippen molar-refractivity contribution < 1.29 is 19.4 Å². The van der Waals surface area contributed by atoms with Gasteiger partial charge >= 0.3 is 12.0 Å². The molecule has 6 heteroatoms. The van der Waals surface area contributed by atoms with E-state index in [1.165, 1.54) is 0 Å². The summed E-state index contributed by atoms with van der Waals surface area (Å²) in [7, 11) is 1.67. The van der Waals surface area contributed by atoms with Gasteiger partial charge in [-0.05, 0) is 19.8 Å². The number of carboxylic acids is 1. The Morgan fingerprint density at radius 3 is 2.68 bits per heavy atom. The van der Waals surface area contributed by atoms with Gasteiger partial charge in [0.15, 0.2) is 0 Å². The maximum atomic E-state index is 12.3. The smallest absolute Gasteiger partial charge is 0.320 e. The molecule has 0 aromatic carbocycles. The van der Waals surface area contributed by atoms with Gasteiger partial charge in [0.05, 0.1) is 12.0 Å². The van der Waals surface area contributed by atoms with Crippen molar-refractivity contribution in [1.29, 1.82) is 0 Å². The molecule has 1 N–H and O–H groups in total. The summed E-state index contributed by atoms with van der Waals surface area (Å²) in [6.45, 7) is 4.69. The zero-order chi connectivity index (χ0) is 14.0. The average Bonchev–Trinajstić information content (AvgIpc) is 2.97. The molecule has 2 aliphatic rings. The van der Waals surface area contributed by atoms with E-state index in [1.54, 1.807) is 18.9 Å². The summed E-state index contributed by atoms with van der Waals surface area (Å²) in [5, 5.41) is 9.18.